The molecule has 6 heteroatoms. The molecule has 1 aromatic carbocycles. The van der Waals surface area contributed by atoms with Crippen molar-refractivity contribution in [2.75, 3.05) is 19.0 Å². The molecular formula is C14H15N3O3. The van der Waals surface area contributed by atoms with Gasteiger partial charge in [-0.25, -0.2) is 9.78 Å². The number of hydrogen-bond donors (Lipinski definition) is 2. The van der Waals surface area contributed by atoms with E-state index >= 15 is 0 Å². The van der Waals surface area contributed by atoms with Gasteiger partial charge in [0.15, 0.2) is 5.69 Å². The number of ether oxygens (including phenoxy) is 1. The zero-order valence-corrected chi connectivity index (χ0v) is 11.0. The monoisotopic (exact) mass is 273 g/mol. The fraction of sp³-hybridized carbons (Fsp3) is 0.214. The van der Waals surface area contributed by atoms with Crippen LogP contribution in [0.5, 0.6) is 5.75 Å². The minimum atomic E-state index is -0.514. The van der Waals surface area contributed by atoms with Crippen LogP contribution in [0.15, 0.2) is 36.7 Å². The number of benzene rings is 1. The van der Waals surface area contributed by atoms with Gasteiger partial charge in [0.2, 0.25) is 0 Å². The van der Waals surface area contributed by atoms with Crippen LogP contribution in [0.3, 0.4) is 0 Å². The second-order valence-electron chi connectivity index (χ2n) is 4.12. The zero-order valence-electron chi connectivity index (χ0n) is 11.0. The Hall–Kier alpha value is -2.63. The number of hydrogen-bond acceptors (Lipinski definition) is 6. The maximum absolute atomic E-state index is 11.3. The third kappa shape index (κ3) is 3.68. The molecule has 104 valence electrons. The van der Waals surface area contributed by atoms with Crippen molar-refractivity contribution in [1.29, 1.82) is 0 Å². The quantitative estimate of drug-likeness (QED) is 0.805. The molecule has 1 heterocycles. The zero-order chi connectivity index (χ0) is 14.4. The van der Waals surface area contributed by atoms with Crippen molar-refractivity contribution in [3.05, 3.63) is 47.9 Å². The summed E-state index contributed by atoms with van der Waals surface area (Å²) in [4.78, 5) is 19.3. The van der Waals surface area contributed by atoms with Crippen LogP contribution in [0.4, 0.5) is 5.82 Å². The Bertz CT molecular complexity index is 584. The number of nitrogens with zero attached hydrogens (tertiary/aromatic N) is 2. The average molecular weight is 273 g/mol. The number of carbonyl (C=O) groups excluding carboxylic acids is 1. The number of aromatic nitrogens is 2. The summed E-state index contributed by atoms with van der Waals surface area (Å²) < 4.78 is 4.58. The smallest absolute Gasteiger partial charge is 0.358 e. The molecule has 0 atom stereocenters. The number of nitrogens with one attached hydrogen (secondary N) is 1. The van der Waals surface area contributed by atoms with Crippen LogP contribution in [0, 0.1) is 0 Å². The molecule has 0 aliphatic heterocycles. The van der Waals surface area contributed by atoms with E-state index in [1.807, 2.05) is 12.1 Å². The minimum Gasteiger partial charge on any atom is -0.508 e. The molecule has 2 rings (SSSR count). The highest BCUT2D eigenvalue weighted by Gasteiger charge is 2.08. The molecule has 0 amide bonds. The van der Waals surface area contributed by atoms with E-state index in [0.717, 1.165) is 12.0 Å². The Morgan fingerprint density at radius 3 is 2.75 bits per heavy atom. The first-order valence-corrected chi connectivity index (χ1v) is 6.11. The van der Waals surface area contributed by atoms with E-state index < -0.39 is 5.97 Å². The van der Waals surface area contributed by atoms with Gasteiger partial charge >= 0.3 is 5.97 Å². The molecule has 0 aliphatic rings. The Morgan fingerprint density at radius 1 is 1.30 bits per heavy atom. The van der Waals surface area contributed by atoms with Gasteiger partial charge in [-0.3, -0.25) is 4.98 Å². The normalized spacial score (nSPS) is 10.1. The highest BCUT2D eigenvalue weighted by atomic mass is 16.5. The first-order valence-electron chi connectivity index (χ1n) is 6.11. The summed E-state index contributed by atoms with van der Waals surface area (Å²) in [5.41, 5.74) is 1.26. The summed E-state index contributed by atoms with van der Waals surface area (Å²) in [5.74, 6) is 0.254. The predicted molar refractivity (Wildman–Crippen MR) is 73.7 cm³/mol. The lowest BCUT2D eigenvalue weighted by molar-refractivity contribution is 0.0593. The molecule has 0 unspecified atom stereocenters. The topological polar surface area (TPSA) is 84.3 Å². The van der Waals surface area contributed by atoms with Crippen molar-refractivity contribution in [2.45, 2.75) is 6.42 Å². The fourth-order valence-corrected chi connectivity index (χ4v) is 1.65. The van der Waals surface area contributed by atoms with Gasteiger partial charge in [-0.05, 0) is 24.1 Å². The van der Waals surface area contributed by atoms with E-state index in [2.05, 4.69) is 20.0 Å². The van der Waals surface area contributed by atoms with Crippen LogP contribution in [-0.4, -0.2) is 34.7 Å². The number of methoxy groups -OCH3 is 1. The summed E-state index contributed by atoms with van der Waals surface area (Å²) in [7, 11) is 1.30. The molecule has 0 radical (unpaired) electrons. The average Bonchev–Trinajstić information content (AvgIpc) is 2.49. The van der Waals surface area contributed by atoms with Gasteiger partial charge in [0.25, 0.3) is 0 Å². The first kappa shape index (κ1) is 13.8. The summed E-state index contributed by atoms with van der Waals surface area (Å²) in [6.45, 7) is 0.643. The van der Waals surface area contributed by atoms with E-state index in [1.54, 1.807) is 18.3 Å². The van der Waals surface area contributed by atoms with Gasteiger partial charge in [0, 0.05) is 6.54 Å². The molecule has 0 aliphatic carbocycles. The molecule has 2 aromatic rings. The highest BCUT2D eigenvalue weighted by molar-refractivity contribution is 5.87. The summed E-state index contributed by atoms with van der Waals surface area (Å²) in [6.07, 6.45) is 3.67. The van der Waals surface area contributed by atoms with Gasteiger partial charge in [-0.15, -0.1) is 0 Å². The predicted octanol–water partition coefficient (Wildman–Crippen LogP) is 1.62. The van der Waals surface area contributed by atoms with E-state index in [9.17, 15) is 9.90 Å². The van der Waals surface area contributed by atoms with Crippen molar-refractivity contribution in [1.82, 2.24) is 9.97 Å². The van der Waals surface area contributed by atoms with E-state index in [-0.39, 0.29) is 11.4 Å². The number of phenols is 1. The van der Waals surface area contributed by atoms with Crippen molar-refractivity contribution < 1.29 is 14.6 Å². The summed E-state index contributed by atoms with van der Waals surface area (Å²) in [5, 5.41) is 12.3. The molecular weight excluding hydrogens is 258 g/mol. The van der Waals surface area contributed by atoms with Crippen molar-refractivity contribution >= 4 is 11.8 Å². The van der Waals surface area contributed by atoms with Crippen LogP contribution in [-0.2, 0) is 11.2 Å². The lowest BCUT2D eigenvalue weighted by Gasteiger charge is -2.06. The van der Waals surface area contributed by atoms with Gasteiger partial charge in [0.05, 0.1) is 19.5 Å². The molecule has 20 heavy (non-hydrogen) atoms. The summed E-state index contributed by atoms with van der Waals surface area (Å²) >= 11 is 0. The van der Waals surface area contributed by atoms with Crippen LogP contribution in [0.2, 0.25) is 0 Å². The van der Waals surface area contributed by atoms with E-state index in [0.29, 0.717) is 12.4 Å². The lowest BCUT2D eigenvalue weighted by atomic mass is 10.1. The number of phenolic OH excluding ortho intramolecular Hbond substituents is 1. The van der Waals surface area contributed by atoms with E-state index in [4.69, 9.17) is 0 Å². The maximum Gasteiger partial charge on any atom is 0.358 e. The van der Waals surface area contributed by atoms with E-state index in [1.165, 1.54) is 13.3 Å². The highest BCUT2D eigenvalue weighted by Crippen LogP contribution is 2.10. The fourth-order valence-electron chi connectivity index (χ4n) is 1.65. The second kappa shape index (κ2) is 6.51. The molecule has 0 saturated carbocycles. The molecule has 0 bridgehead atoms. The number of carbonyl (C=O) groups is 1. The molecule has 6 nitrogen and oxygen atoms in total. The SMILES string of the molecule is COC(=O)c1cncc(NCCc2ccc(O)cc2)n1. The second-order valence-corrected chi connectivity index (χ2v) is 4.12. The minimum absolute atomic E-state index is 0.169. The van der Waals surface area contributed by atoms with Crippen LogP contribution < -0.4 is 5.32 Å². The molecule has 2 N–H and O–H groups in total. The molecule has 0 fully saturated rings. The summed E-state index contributed by atoms with van der Waals surface area (Å²) in [6, 6.07) is 7.00. The standard InChI is InChI=1S/C14H15N3O3/c1-20-14(19)12-8-15-9-13(17-12)16-7-6-10-2-4-11(18)5-3-10/h2-5,8-9,18H,6-7H2,1H3,(H,16,17). The van der Waals surface area contributed by atoms with Gasteiger partial charge in [-0.2, -0.15) is 0 Å². The molecule has 1 aromatic heterocycles. The largest absolute Gasteiger partial charge is 0.508 e. The Balaban J connectivity index is 1.91. The van der Waals surface area contributed by atoms with Gasteiger partial charge in [-0.1, -0.05) is 12.1 Å². The molecule has 0 saturated heterocycles. The van der Waals surface area contributed by atoms with Crippen molar-refractivity contribution in [3.63, 3.8) is 0 Å². The van der Waals surface area contributed by atoms with Crippen molar-refractivity contribution in [3.8, 4) is 5.75 Å². The first-order chi connectivity index (χ1) is 9.69. The van der Waals surface area contributed by atoms with Crippen LogP contribution in [0.1, 0.15) is 16.1 Å². The Morgan fingerprint density at radius 2 is 2.05 bits per heavy atom. The number of aromatic hydroxyl groups is 1. The van der Waals surface area contributed by atoms with Crippen molar-refractivity contribution in [2.24, 2.45) is 0 Å². The lowest BCUT2D eigenvalue weighted by Crippen LogP contribution is -2.10. The van der Waals surface area contributed by atoms with Crippen LogP contribution >= 0.6 is 0 Å². The third-order valence-corrected chi connectivity index (χ3v) is 2.69. The van der Waals surface area contributed by atoms with Gasteiger partial charge < -0.3 is 15.2 Å². The third-order valence-electron chi connectivity index (χ3n) is 2.69. The maximum atomic E-state index is 11.3. The Kier molecular flexibility index (Phi) is 4.49. The number of rotatable bonds is 5. The molecule has 0 spiro atoms. The van der Waals surface area contributed by atoms with Gasteiger partial charge in [0.1, 0.15) is 11.6 Å². The number of anilines is 1. The number of esters is 1. The van der Waals surface area contributed by atoms with Crippen LogP contribution in [0.25, 0.3) is 0 Å². The Labute approximate surface area is 116 Å².